The van der Waals surface area contributed by atoms with Crippen molar-refractivity contribution in [3.63, 3.8) is 0 Å². The summed E-state index contributed by atoms with van der Waals surface area (Å²) >= 11 is 0. The van der Waals surface area contributed by atoms with Crippen LogP contribution in [0.5, 0.6) is 0 Å². The highest BCUT2D eigenvalue weighted by Crippen LogP contribution is 2.47. The maximum Gasteiger partial charge on any atom is 0.472 e. The molecule has 0 amide bonds. The molecule has 1 saturated carbocycles. The zero-order chi connectivity index (χ0) is 44.8. The molecule has 1 aliphatic rings. The molecule has 0 spiro atoms. The van der Waals surface area contributed by atoms with E-state index in [2.05, 4.69) is 86.8 Å². The minimum absolute atomic E-state index is 0.0940. The van der Waals surface area contributed by atoms with E-state index in [0.29, 0.717) is 13.0 Å². The molecule has 6 unspecified atom stereocenters. The van der Waals surface area contributed by atoms with E-state index in [1.54, 1.807) is 0 Å². The van der Waals surface area contributed by atoms with Crippen LogP contribution in [0.3, 0.4) is 0 Å². The largest absolute Gasteiger partial charge is 0.472 e. The van der Waals surface area contributed by atoms with E-state index in [-0.39, 0.29) is 13.0 Å². The topological polar surface area (TPSA) is 192 Å². The summed E-state index contributed by atoms with van der Waals surface area (Å²) in [4.78, 5) is 23.1. The van der Waals surface area contributed by atoms with Gasteiger partial charge in [0.15, 0.2) is 0 Å². The van der Waals surface area contributed by atoms with Gasteiger partial charge in [-0.1, -0.05) is 145 Å². The number of rotatable bonds is 38. The number of ether oxygens (including phenoxy) is 2. The SMILES string of the molecule is CC/C=C\C/C=C\C/C=C\C/C=C\C/C=C\CCCCCCCCOCC(COP(=O)(O)OC1C(O)C(O)C(O)C(O)C1O)OC(=O)CCCCCCC/C=C\CCCCC. The number of carbonyl (C=O) groups excluding carboxylic acids is 1. The number of carbonyl (C=O) groups is 1. The van der Waals surface area contributed by atoms with Gasteiger partial charge >= 0.3 is 13.8 Å². The fourth-order valence-corrected chi connectivity index (χ4v) is 7.58. The van der Waals surface area contributed by atoms with Gasteiger partial charge in [-0.05, 0) is 83.5 Å². The summed E-state index contributed by atoms with van der Waals surface area (Å²) in [6.07, 6.45) is 36.9. The van der Waals surface area contributed by atoms with Crippen LogP contribution in [0.2, 0.25) is 0 Å². The summed E-state index contributed by atoms with van der Waals surface area (Å²) in [5.74, 6) is -0.496. The smallest absolute Gasteiger partial charge is 0.457 e. The molecule has 352 valence electrons. The van der Waals surface area contributed by atoms with Crippen molar-refractivity contribution < 1.29 is 58.3 Å². The van der Waals surface area contributed by atoms with Gasteiger partial charge in [-0.2, -0.15) is 0 Å². The number of phosphoric acid groups is 1. The average molecular weight is 883 g/mol. The summed E-state index contributed by atoms with van der Waals surface area (Å²) in [5, 5.41) is 50.2. The minimum Gasteiger partial charge on any atom is -0.457 e. The van der Waals surface area contributed by atoms with Gasteiger partial charge < -0.3 is 39.9 Å². The Morgan fingerprint density at radius 2 is 0.967 bits per heavy atom. The number of aliphatic hydroxyl groups is 5. The maximum atomic E-state index is 12.8. The molecule has 0 aromatic carbocycles. The molecule has 6 atom stereocenters. The van der Waals surface area contributed by atoms with Gasteiger partial charge in [0.25, 0.3) is 0 Å². The molecule has 13 heteroatoms. The lowest BCUT2D eigenvalue weighted by molar-refractivity contribution is -0.220. The Morgan fingerprint density at radius 1 is 0.541 bits per heavy atom. The zero-order valence-corrected chi connectivity index (χ0v) is 38.3. The first-order valence-electron chi connectivity index (χ1n) is 23.3. The molecule has 61 heavy (non-hydrogen) atoms. The Morgan fingerprint density at radius 3 is 1.49 bits per heavy atom. The van der Waals surface area contributed by atoms with E-state index in [1.807, 2.05) is 0 Å². The number of allylic oxidation sites excluding steroid dienone is 12. The molecule has 0 aliphatic heterocycles. The molecule has 0 bridgehead atoms. The van der Waals surface area contributed by atoms with Crippen LogP contribution in [-0.2, 0) is 27.9 Å². The lowest BCUT2D eigenvalue weighted by Gasteiger charge is -2.41. The van der Waals surface area contributed by atoms with Crippen LogP contribution in [-0.4, -0.2) is 98.9 Å². The molecule has 0 saturated heterocycles. The predicted octanol–water partition coefficient (Wildman–Crippen LogP) is 9.58. The van der Waals surface area contributed by atoms with E-state index in [4.69, 9.17) is 18.5 Å². The average Bonchev–Trinajstić information content (AvgIpc) is 3.24. The maximum absolute atomic E-state index is 12.8. The number of phosphoric ester groups is 1. The number of hydrogen-bond acceptors (Lipinski definition) is 11. The number of unbranched alkanes of at least 4 members (excludes halogenated alkanes) is 14. The number of aliphatic hydroxyl groups excluding tert-OH is 5. The second-order valence-corrected chi connectivity index (χ2v) is 17.3. The van der Waals surface area contributed by atoms with Crippen molar-refractivity contribution in [2.75, 3.05) is 19.8 Å². The van der Waals surface area contributed by atoms with Crippen LogP contribution in [0.1, 0.15) is 162 Å². The Bertz CT molecular complexity index is 1280. The molecule has 12 nitrogen and oxygen atoms in total. The zero-order valence-electron chi connectivity index (χ0n) is 37.4. The van der Waals surface area contributed by atoms with Gasteiger partial charge in [-0.15, -0.1) is 0 Å². The quantitative estimate of drug-likeness (QED) is 0.0149. The first-order valence-corrected chi connectivity index (χ1v) is 24.8. The fraction of sp³-hybridized carbons (Fsp3) is 0.729. The Labute approximate surface area is 368 Å². The van der Waals surface area contributed by atoms with Crippen molar-refractivity contribution in [2.24, 2.45) is 0 Å². The van der Waals surface area contributed by atoms with E-state index < -0.39 is 63.1 Å². The van der Waals surface area contributed by atoms with Gasteiger partial charge in [-0.25, -0.2) is 4.57 Å². The molecule has 0 heterocycles. The second-order valence-electron chi connectivity index (χ2n) is 15.9. The molecule has 0 aromatic heterocycles. The van der Waals surface area contributed by atoms with Crippen LogP contribution in [0.4, 0.5) is 0 Å². The van der Waals surface area contributed by atoms with Crippen LogP contribution in [0.15, 0.2) is 72.9 Å². The number of esters is 1. The Kier molecular flexibility index (Phi) is 35.6. The van der Waals surface area contributed by atoms with Crippen molar-refractivity contribution >= 4 is 13.8 Å². The summed E-state index contributed by atoms with van der Waals surface area (Å²) in [6, 6.07) is 0. The van der Waals surface area contributed by atoms with Gasteiger partial charge in [0.05, 0.1) is 13.2 Å². The monoisotopic (exact) mass is 883 g/mol. The third kappa shape index (κ3) is 30.5. The summed E-state index contributed by atoms with van der Waals surface area (Å²) in [7, 11) is -5.03. The molecule has 1 fully saturated rings. The van der Waals surface area contributed by atoms with Crippen LogP contribution in [0, 0.1) is 0 Å². The van der Waals surface area contributed by atoms with Crippen molar-refractivity contribution in [3.05, 3.63) is 72.9 Å². The van der Waals surface area contributed by atoms with Crippen molar-refractivity contribution in [1.29, 1.82) is 0 Å². The van der Waals surface area contributed by atoms with E-state index in [9.17, 15) is 39.8 Å². The minimum atomic E-state index is -5.03. The highest BCUT2D eigenvalue weighted by atomic mass is 31.2. The number of hydrogen-bond donors (Lipinski definition) is 6. The highest BCUT2D eigenvalue weighted by molar-refractivity contribution is 7.47. The van der Waals surface area contributed by atoms with Crippen molar-refractivity contribution in [2.45, 2.75) is 204 Å². The van der Waals surface area contributed by atoms with Crippen LogP contribution < -0.4 is 0 Å². The summed E-state index contributed by atoms with van der Waals surface area (Å²) < 4.78 is 34.1. The highest BCUT2D eigenvalue weighted by Gasteiger charge is 2.51. The van der Waals surface area contributed by atoms with Crippen LogP contribution >= 0.6 is 7.82 Å². The standard InChI is InChI=1S/C48H83O12P/c1-3-5-7-9-11-13-15-17-18-19-20-21-22-23-24-25-26-28-30-32-34-36-38-57-39-41(59-42(49)37-35-33-31-29-27-16-14-12-10-8-6-4-2)40-58-61(55,56)60-48-46(53)44(51)43(50)45(52)47(48)54/h5,7,11-14,17-18,20-21,23-24,41,43-48,50-54H,3-4,6,8-10,15-16,19,22,25-40H2,1-2H3,(H,55,56)/b7-5-,13-11-,14-12-,18-17-,21-20-,24-23-. The molecule has 1 rings (SSSR count). The third-order valence-corrected chi connectivity index (χ3v) is 11.3. The Balaban J connectivity index is 2.38. The first kappa shape index (κ1) is 56.8. The molecule has 1 aliphatic carbocycles. The third-order valence-electron chi connectivity index (χ3n) is 10.3. The molecular weight excluding hydrogens is 799 g/mol. The predicted molar refractivity (Wildman–Crippen MR) is 244 cm³/mol. The summed E-state index contributed by atoms with van der Waals surface area (Å²) in [6.45, 7) is 4.06. The lowest BCUT2D eigenvalue weighted by atomic mass is 9.85. The molecule has 0 aromatic rings. The normalized spacial score (nSPS) is 22.8. The Hall–Kier alpha value is -2.22. The van der Waals surface area contributed by atoms with Gasteiger partial charge in [0.1, 0.15) is 42.7 Å². The second kappa shape index (κ2) is 38.3. The molecule has 0 radical (unpaired) electrons. The first-order chi connectivity index (χ1) is 29.5. The van der Waals surface area contributed by atoms with Gasteiger partial charge in [0.2, 0.25) is 0 Å². The van der Waals surface area contributed by atoms with Crippen molar-refractivity contribution in [1.82, 2.24) is 0 Å². The van der Waals surface area contributed by atoms with Gasteiger partial charge in [0, 0.05) is 13.0 Å². The molecule has 6 N–H and O–H groups in total. The fourth-order valence-electron chi connectivity index (χ4n) is 6.61. The van der Waals surface area contributed by atoms with Gasteiger partial charge in [-0.3, -0.25) is 13.8 Å². The summed E-state index contributed by atoms with van der Waals surface area (Å²) in [5.41, 5.74) is 0. The van der Waals surface area contributed by atoms with E-state index >= 15 is 0 Å². The molecular formula is C48H83O12P. The van der Waals surface area contributed by atoms with E-state index in [1.165, 1.54) is 19.3 Å². The van der Waals surface area contributed by atoms with E-state index in [0.717, 1.165) is 116 Å². The van der Waals surface area contributed by atoms with Crippen molar-refractivity contribution in [3.8, 4) is 0 Å². The lowest BCUT2D eigenvalue weighted by Crippen LogP contribution is -2.64. The van der Waals surface area contributed by atoms with Crippen LogP contribution in [0.25, 0.3) is 0 Å².